The van der Waals surface area contributed by atoms with E-state index >= 15 is 0 Å². The van der Waals surface area contributed by atoms with Crippen LogP contribution in [0.2, 0.25) is 0 Å². The first kappa shape index (κ1) is 10.8. The minimum absolute atomic E-state index is 0. The smallest absolute Gasteiger partial charge is 0.0319 e. The van der Waals surface area contributed by atoms with Gasteiger partial charge in [-0.2, -0.15) is 5.57 Å². The number of rotatable bonds is 0. The van der Waals surface area contributed by atoms with Crippen molar-refractivity contribution in [3.8, 4) is 0 Å². The summed E-state index contributed by atoms with van der Waals surface area (Å²) in [6.07, 6.45) is 3.83. The Morgan fingerprint density at radius 1 is 1.31 bits per heavy atom. The molecule has 13 heavy (non-hydrogen) atoms. The van der Waals surface area contributed by atoms with E-state index in [0.717, 1.165) is 23.1 Å². The molecule has 0 saturated carbocycles. The molecule has 0 amide bonds. The minimum atomic E-state index is 0. The summed E-state index contributed by atoms with van der Waals surface area (Å²) in [5.74, 6) is 0.122. The number of fused-ring (bicyclic) bond motifs is 1. The third-order valence-corrected chi connectivity index (χ3v) is 2.15. The van der Waals surface area contributed by atoms with Gasteiger partial charge in [0.1, 0.15) is 0 Å². The van der Waals surface area contributed by atoms with E-state index in [2.05, 4.69) is 6.08 Å². The van der Waals surface area contributed by atoms with Gasteiger partial charge in [-0.1, -0.05) is 48.7 Å². The average molecular weight is 395 g/mol. The molecule has 1 nitrogen and oxygen atoms in total. The molecule has 64 valence electrons. The van der Waals surface area contributed by atoms with E-state index in [1.807, 2.05) is 31.2 Å². The Hall–Kier alpha value is -0.318. The van der Waals surface area contributed by atoms with E-state index in [1.165, 1.54) is 0 Å². The maximum Gasteiger partial charge on any atom is 0.0319 e. The standard InChI is InChI=1S/C11H9O.U/c1-8-6-7-9-4-2-3-5-10(9)11(8)12;/h2-5H,7H2,1H3;/q-1;. The second-order valence-corrected chi connectivity index (χ2v) is 2.96. The molecule has 0 N–H and O–H groups in total. The predicted octanol–water partition coefficient (Wildman–Crippen LogP) is 2.17. The largest absolute Gasteiger partial charge is 0.401 e. The fourth-order valence-electron chi connectivity index (χ4n) is 1.41. The Balaban J connectivity index is 0.000000845. The molecular formula is C11H9OU-. The van der Waals surface area contributed by atoms with Crippen molar-refractivity contribution in [2.75, 3.05) is 0 Å². The third-order valence-electron chi connectivity index (χ3n) is 2.15. The first-order chi connectivity index (χ1) is 5.79. The van der Waals surface area contributed by atoms with Crippen LogP contribution in [0.25, 0.3) is 0 Å². The second kappa shape index (κ2) is 4.26. The first-order valence-electron chi connectivity index (χ1n) is 3.99. The number of allylic oxidation sites excluding steroid dienone is 2. The summed E-state index contributed by atoms with van der Waals surface area (Å²) in [5, 5.41) is 0. The van der Waals surface area contributed by atoms with Crippen molar-refractivity contribution in [1.29, 1.82) is 0 Å². The fourth-order valence-corrected chi connectivity index (χ4v) is 1.41. The Morgan fingerprint density at radius 2 is 2.00 bits per heavy atom. The molecule has 1 aliphatic carbocycles. The number of ketones is 1. The zero-order valence-corrected chi connectivity index (χ0v) is 11.6. The molecule has 0 saturated heterocycles. The number of hydrogen-bond acceptors (Lipinski definition) is 1. The van der Waals surface area contributed by atoms with Gasteiger partial charge in [-0.15, -0.1) is 0 Å². The van der Waals surface area contributed by atoms with Gasteiger partial charge in [0.15, 0.2) is 0 Å². The van der Waals surface area contributed by atoms with Crippen LogP contribution in [0.5, 0.6) is 0 Å². The monoisotopic (exact) mass is 395 g/mol. The van der Waals surface area contributed by atoms with Crippen LogP contribution in [0.4, 0.5) is 0 Å². The summed E-state index contributed by atoms with van der Waals surface area (Å²) in [6, 6.07) is 7.71. The van der Waals surface area contributed by atoms with Gasteiger partial charge in [0.05, 0.1) is 0 Å². The molecule has 0 bridgehead atoms. The van der Waals surface area contributed by atoms with E-state index in [4.69, 9.17) is 0 Å². The summed E-state index contributed by atoms with van der Waals surface area (Å²) in [4.78, 5) is 11.5. The SMILES string of the molecule is CC1=[C-]Cc2ccccc2C1=O.[U]. The Kier molecular flexibility index (Phi) is 3.53. The van der Waals surface area contributed by atoms with Gasteiger partial charge in [-0.3, -0.25) is 6.08 Å². The molecule has 2 rings (SSSR count). The van der Waals surface area contributed by atoms with Crippen LogP contribution in [-0.4, -0.2) is 5.78 Å². The summed E-state index contributed by atoms with van der Waals surface area (Å²) >= 11 is 0. The van der Waals surface area contributed by atoms with E-state index in [-0.39, 0.29) is 36.9 Å². The van der Waals surface area contributed by atoms with Crippen LogP contribution in [-0.2, 0) is 6.42 Å². The van der Waals surface area contributed by atoms with Gasteiger partial charge in [0.2, 0.25) is 0 Å². The van der Waals surface area contributed by atoms with Gasteiger partial charge >= 0.3 is 0 Å². The van der Waals surface area contributed by atoms with Gasteiger partial charge in [-0.25, -0.2) is 0 Å². The Labute approximate surface area is 102 Å². The van der Waals surface area contributed by atoms with Crippen molar-refractivity contribution >= 4 is 5.78 Å². The molecule has 1 aromatic carbocycles. The van der Waals surface area contributed by atoms with Crippen LogP contribution in [0, 0.1) is 37.2 Å². The average Bonchev–Trinajstić information content (AvgIpc) is 2.12. The molecule has 0 unspecified atom stereocenters. The van der Waals surface area contributed by atoms with Crippen molar-refractivity contribution in [2.24, 2.45) is 0 Å². The summed E-state index contributed by atoms with van der Waals surface area (Å²) in [6.45, 7) is 1.82. The number of carbonyl (C=O) groups is 1. The molecule has 1 aromatic rings. The summed E-state index contributed by atoms with van der Waals surface area (Å²) < 4.78 is 0. The van der Waals surface area contributed by atoms with Crippen molar-refractivity contribution in [1.82, 2.24) is 0 Å². The number of benzene rings is 1. The normalized spacial score (nSPS) is 14.2. The number of carbonyl (C=O) groups excluding carboxylic acids is 1. The molecular weight excluding hydrogens is 386 g/mol. The van der Waals surface area contributed by atoms with Gasteiger partial charge in [-0.05, 0) is 0 Å². The van der Waals surface area contributed by atoms with E-state index in [0.29, 0.717) is 0 Å². The molecule has 0 aliphatic heterocycles. The molecule has 0 radical (unpaired) electrons. The summed E-state index contributed by atoms with van der Waals surface area (Å²) in [5.41, 5.74) is 2.68. The maximum atomic E-state index is 11.5. The van der Waals surface area contributed by atoms with E-state index < -0.39 is 0 Å². The zero-order valence-electron chi connectivity index (χ0n) is 7.42. The molecule has 0 fully saturated rings. The molecule has 0 heterocycles. The molecule has 0 atom stereocenters. The number of hydrogen-bond donors (Lipinski definition) is 0. The quantitative estimate of drug-likeness (QED) is 0.616. The third kappa shape index (κ3) is 1.95. The topological polar surface area (TPSA) is 17.1 Å². The van der Waals surface area contributed by atoms with Crippen molar-refractivity contribution in [2.45, 2.75) is 13.3 Å². The summed E-state index contributed by atoms with van der Waals surface area (Å²) in [7, 11) is 0. The first-order valence-corrected chi connectivity index (χ1v) is 3.99. The fraction of sp³-hybridized carbons (Fsp3) is 0.182. The van der Waals surface area contributed by atoms with Crippen molar-refractivity contribution < 1.29 is 35.9 Å². The molecule has 2 heteroatoms. The Bertz CT molecular complexity index is 366. The van der Waals surface area contributed by atoms with Gasteiger partial charge in [0, 0.05) is 36.9 Å². The van der Waals surface area contributed by atoms with Crippen molar-refractivity contribution in [3.63, 3.8) is 0 Å². The molecule has 1 aliphatic rings. The zero-order chi connectivity index (χ0) is 8.55. The maximum absolute atomic E-state index is 11.5. The van der Waals surface area contributed by atoms with E-state index in [1.54, 1.807) is 0 Å². The second-order valence-electron chi connectivity index (χ2n) is 2.96. The minimum Gasteiger partial charge on any atom is -0.401 e. The van der Waals surface area contributed by atoms with Crippen LogP contribution in [0.1, 0.15) is 22.8 Å². The van der Waals surface area contributed by atoms with Crippen LogP contribution < -0.4 is 0 Å². The Morgan fingerprint density at radius 3 is 2.77 bits per heavy atom. The van der Waals surface area contributed by atoms with E-state index in [9.17, 15) is 4.79 Å². The van der Waals surface area contributed by atoms with Gasteiger partial charge in [0.25, 0.3) is 0 Å². The molecule has 0 spiro atoms. The van der Waals surface area contributed by atoms with Gasteiger partial charge < -0.3 is 4.79 Å². The van der Waals surface area contributed by atoms with Crippen LogP contribution in [0.3, 0.4) is 0 Å². The van der Waals surface area contributed by atoms with Crippen LogP contribution >= 0.6 is 0 Å². The van der Waals surface area contributed by atoms with Crippen molar-refractivity contribution in [3.05, 3.63) is 47.0 Å². The van der Waals surface area contributed by atoms with Crippen LogP contribution in [0.15, 0.2) is 29.8 Å². The molecule has 0 aromatic heterocycles. The number of Topliss-reactive ketones (excluding diaryl/α,β-unsaturated/α-hetero) is 1. The predicted molar refractivity (Wildman–Crippen MR) is 46.9 cm³/mol.